The maximum atomic E-state index is 11.6. The average Bonchev–Trinajstić information content (AvgIpc) is 2.74. The summed E-state index contributed by atoms with van der Waals surface area (Å²) in [5, 5.41) is 10.2. The number of sulfone groups is 1. The summed E-state index contributed by atoms with van der Waals surface area (Å²) in [5.74, 6) is 1.68. The third-order valence-corrected chi connectivity index (χ3v) is 6.85. The van der Waals surface area contributed by atoms with E-state index < -0.39 is 9.84 Å². The van der Waals surface area contributed by atoms with Gasteiger partial charge < -0.3 is 10.0 Å². The molecule has 2 rings (SSSR count). The molecule has 4 nitrogen and oxygen atoms in total. The lowest BCUT2D eigenvalue weighted by molar-refractivity contribution is 0.0248. The molecule has 4 unspecified atom stereocenters. The van der Waals surface area contributed by atoms with Crippen LogP contribution >= 0.6 is 0 Å². The van der Waals surface area contributed by atoms with E-state index in [1.807, 2.05) is 7.05 Å². The van der Waals surface area contributed by atoms with E-state index in [-0.39, 0.29) is 12.1 Å². The number of aliphatic hydroxyl groups excluding tert-OH is 1. The molecule has 0 aromatic carbocycles. The molecule has 5 heteroatoms. The second-order valence-electron chi connectivity index (χ2n) is 6.79. The number of hydrogen-bond acceptors (Lipinski definition) is 4. The van der Waals surface area contributed by atoms with Gasteiger partial charge in [-0.15, -0.1) is 0 Å². The Balaban J connectivity index is 1.87. The van der Waals surface area contributed by atoms with Crippen molar-refractivity contribution in [3.8, 4) is 0 Å². The van der Waals surface area contributed by atoms with Crippen molar-refractivity contribution in [2.45, 2.75) is 57.6 Å². The zero-order valence-electron chi connectivity index (χ0n) is 12.8. The average molecular weight is 303 g/mol. The Labute approximate surface area is 123 Å². The molecule has 1 aliphatic heterocycles. The van der Waals surface area contributed by atoms with Crippen LogP contribution in [0, 0.1) is 11.8 Å². The zero-order chi connectivity index (χ0) is 14.8. The Morgan fingerprint density at radius 2 is 2.00 bits per heavy atom. The van der Waals surface area contributed by atoms with Gasteiger partial charge in [0.2, 0.25) is 0 Å². The van der Waals surface area contributed by atoms with Crippen LogP contribution < -0.4 is 0 Å². The molecule has 0 bridgehead atoms. The first-order chi connectivity index (χ1) is 9.41. The highest BCUT2D eigenvalue weighted by Crippen LogP contribution is 2.33. The first-order valence-corrected chi connectivity index (χ1v) is 9.82. The first-order valence-electron chi connectivity index (χ1n) is 8.00. The summed E-state index contributed by atoms with van der Waals surface area (Å²) < 4.78 is 23.1. The third kappa shape index (κ3) is 4.18. The van der Waals surface area contributed by atoms with Crippen LogP contribution in [0.15, 0.2) is 0 Å². The zero-order valence-corrected chi connectivity index (χ0v) is 13.6. The molecular weight excluding hydrogens is 274 g/mol. The van der Waals surface area contributed by atoms with Gasteiger partial charge in [0, 0.05) is 12.6 Å². The van der Waals surface area contributed by atoms with Gasteiger partial charge in [0.15, 0.2) is 9.84 Å². The minimum atomic E-state index is -2.82. The van der Waals surface area contributed by atoms with E-state index in [0.29, 0.717) is 17.4 Å². The van der Waals surface area contributed by atoms with E-state index in [9.17, 15) is 13.5 Å². The molecule has 0 spiro atoms. The van der Waals surface area contributed by atoms with Gasteiger partial charge in [-0.05, 0) is 44.6 Å². The molecule has 1 aliphatic carbocycles. The molecule has 1 saturated carbocycles. The lowest BCUT2D eigenvalue weighted by Gasteiger charge is -2.37. The van der Waals surface area contributed by atoms with Gasteiger partial charge in [-0.3, -0.25) is 0 Å². The largest absolute Gasteiger partial charge is 0.393 e. The molecule has 20 heavy (non-hydrogen) atoms. The second-order valence-corrected chi connectivity index (χ2v) is 9.02. The molecule has 2 aliphatic rings. The van der Waals surface area contributed by atoms with Crippen molar-refractivity contribution in [1.82, 2.24) is 4.90 Å². The summed E-state index contributed by atoms with van der Waals surface area (Å²) in [4.78, 5) is 2.17. The van der Waals surface area contributed by atoms with E-state index >= 15 is 0 Å². The summed E-state index contributed by atoms with van der Waals surface area (Å²) in [7, 11) is -0.803. The van der Waals surface area contributed by atoms with Crippen LogP contribution in [0.4, 0.5) is 0 Å². The van der Waals surface area contributed by atoms with E-state index in [0.717, 1.165) is 38.1 Å². The number of rotatable bonds is 5. The van der Waals surface area contributed by atoms with Crippen LogP contribution in [0.1, 0.15) is 45.4 Å². The Bertz CT molecular complexity index is 409. The lowest BCUT2D eigenvalue weighted by atomic mass is 9.77. The van der Waals surface area contributed by atoms with Crippen molar-refractivity contribution in [3.63, 3.8) is 0 Å². The maximum Gasteiger partial charge on any atom is 0.151 e. The number of nitrogens with zero attached hydrogens (tertiary/aromatic N) is 1. The predicted octanol–water partition coefficient (Wildman–Crippen LogP) is 1.68. The van der Waals surface area contributed by atoms with E-state index in [1.165, 1.54) is 12.8 Å². The summed E-state index contributed by atoms with van der Waals surface area (Å²) in [6, 6.07) is 0.152. The van der Waals surface area contributed by atoms with Gasteiger partial charge in [0.25, 0.3) is 0 Å². The van der Waals surface area contributed by atoms with Gasteiger partial charge >= 0.3 is 0 Å². The van der Waals surface area contributed by atoms with Crippen molar-refractivity contribution < 1.29 is 13.5 Å². The lowest BCUT2D eigenvalue weighted by Crippen LogP contribution is -2.42. The molecule has 1 saturated heterocycles. The normalized spacial score (nSPS) is 37.4. The minimum absolute atomic E-state index is 0.152. The van der Waals surface area contributed by atoms with Gasteiger partial charge in [-0.25, -0.2) is 8.42 Å². The van der Waals surface area contributed by atoms with Crippen molar-refractivity contribution in [3.05, 3.63) is 0 Å². The fourth-order valence-corrected chi connectivity index (χ4v) is 5.66. The van der Waals surface area contributed by atoms with Crippen molar-refractivity contribution in [2.75, 3.05) is 25.1 Å². The van der Waals surface area contributed by atoms with Crippen LogP contribution in [-0.4, -0.2) is 55.7 Å². The fourth-order valence-electron chi connectivity index (χ4n) is 3.85. The van der Waals surface area contributed by atoms with Crippen LogP contribution in [0.2, 0.25) is 0 Å². The van der Waals surface area contributed by atoms with Gasteiger partial charge in [-0.1, -0.05) is 19.8 Å². The van der Waals surface area contributed by atoms with Gasteiger partial charge in [0.05, 0.1) is 17.6 Å². The van der Waals surface area contributed by atoms with E-state index in [4.69, 9.17) is 0 Å². The Morgan fingerprint density at radius 1 is 1.25 bits per heavy atom. The molecule has 118 valence electrons. The summed E-state index contributed by atoms with van der Waals surface area (Å²) in [5.41, 5.74) is 0. The minimum Gasteiger partial charge on any atom is -0.393 e. The highest BCUT2D eigenvalue weighted by atomic mass is 32.2. The van der Waals surface area contributed by atoms with Gasteiger partial charge in [0.1, 0.15) is 0 Å². The summed E-state index contributed by atoms with van der Waals surface area (Å²) in [6.45, 7) is 3.05. The maximum absolute atomic E-state index is 11.6. The quantitative estimate of drug-likeness (QED) is 0.839. The van der Waals surface area contributed by atoms with E-state index in [2.05, 4.69) is 11.8 Å². The molecule has 1 N–H and O–H groups in total. The standard InChI is InChI=1S/C15H29NO3S/c1-3-4-12-5-6-15(17)13(9-12)10-16(2)14-7-8-20(18,19)11-14/h12-15,17H,3-11H2,1-2H3. The van der Waals surface area contributed by atoms with Crippen LogP contribution in [0.3, 0.4) is 0 Å². The van der Waals surface area contributed by atoms with Crippen molar-refractivity contribution in [1.29, 1.82) is 0 Å². The smallest absolute Gasteiger partial charge is 0.151 e. The number of aliphatic hydroxyl groups is 1. The highest BCUT2D eigenvalue weighted by Gasteiger charge is 2.34. The Morgan fingerprint density at radius 3 is 2.60 bits per heavy atom. The Hall–Kier alpha value is -0.130. The molecule has 1 heterocycles. The van der Waals surface area contributed by atoms with Crippen LogP contribution in [-0.2, 0) is 9.84 Å². The highest BCUT2D eigenvalue weighted by molar-refractivity contribution is 7.91. The van der Waals surface area contributed by atoms with Gasteiger partial charge in [-0.2, -0.15) is 0 Å². The second kappa shape index (κ2) is 6.75. The van der Waals surface area contributed by atoms with E-state index in [1.54, 1.807) is 0 Å². The molecule has 2 fully saturated rings. The van der Waals surface area contributed by atoms with Crippen molar-refractivity contribution in [2.24, 2.45) is 11.8 Å². The first kappa shape index (κ1) is 16.2. The van der Waals surface area contributed by atoms with Crippen molar-refractivity contribution >= 4 is 9.84 Å². The molecule has 0 aromatic rings. The molecule has 0 aromatic heterocycles. The summed E-state index contributed by atoms with van der Waals surface area (Å²) >= 11 is 0. The number of hydrogen-bond donors (Lipinski definition) is 1. The third-order valence-electron chi connectivity index (χ3n) is 5.10. The molecular formula is C15H29NO3S. The Kier molecular flexibility index (Phi) is 5.49. The fraction of sp³-hybridized carbons (Fsp3) is 1.00. The molecule has 0 radical (unpaired) electrons. The SMILES string of the molecule is CCCC1CCC(O)C(CN(C)C2CCS(=O)(=O)C2)C1. The summed E-state index contributed by atoms with van der Waals surface area (Å²) in [6.07, 6.45) is 6.16. The molecule has 0 amide bonds. The monoisotopic (exact) mass is 303 g/mol. The topological polar surface area (TPSA) is 57.6 Å². The predicted molar refractivity (Wildman–Crippen MR) is 81.4 cm³/mol. The molecule has 4 atom stereocenters. The van der Waals surface area contributed by atoms with Crippen LogP contribution in [0.5, 0.6) is 0 Å². The van der Waals surface area contributed by atoms with Crippen LogP contribution in [0.25, 0.3) is 0 Å².